The van der Waals surface area contributed by atoms with Crippen molar-refractivity contribution in [1.82, 2.24) is 20.2 Å². The lowest BCUT2D eigenvalue weighted by molar-refractivity contribution is 0.392. The van der Waals surface area contributed by atoms with E-state index in [-0.39, 0.29) is 0 Å². The third-order valence-electron chi connectivity index (χ3n) is 3.75. The Kier molecular flexibility index (Phi) is 3.94. The van der Waals surface area contributed by atoms with Gasteiger partial charge in [-0.2, -0.15) is 0 Å². The van der Waals surface area contributed by atoms with E-state index in [2.05, 4.69) is 20.5 Å². The summed E-state index contributed by atoms with van der Waals surface area (Å²) in [6, 6.07) is 3.61. The fourth-order valence-electron chi connectivity index (χ4n) is 2.64. The molecule has 0 spiro atoms. The van der Waals surface area contributed by atoms with Gasteiger partial charge >= 0.3 is 0 Å². The lowest BCUT2D eigenvalue weighted by atomic mass is 10.1. The van der Waals surface area contributed by atoms with Crippen LogP contribution in [0.4, 0.5) is 5.82 Å². The third kappa shape index (κ3) is 2.79. The van der Waals surface area contributed by atoms with E-state index in [9.17, 15) is 0 Å². The van der Waals surface area contributed by atoms with Crippen molar-refractivity contribution in [3.8, 4) is 17.4 Å². The van der Waals surface area contributed by atoms with Gasteiger partial charge in [0, 0.05) is 24.4 Å². The van der Waals surface area contributed by atoms with Gasteiger partial charge in [-0.05, 0) is 31.7 Å². The lowest BCUT2D eigenvalue weighted by Gasteiger charge is -2.12. The second-order valence-electron chi connectivity index (χ2n) is 5.09. The Hall–Kier alpha value is -2.24. The van der Waals surface area contributed by atoms with Crippen molar-refractivity contribution in [1.29, 1.82) is 0 Å². The summed E-state index contributed by atoms with van der Waals surface area (Å²) < 4.78 is 5.03. The maximum atomic E-state index is 5.03. The minimum Gasteiger partial charge on any atom is -0.480 e. The first-order chi connectivity index (χ1) is 10.3. The van der Waals surface area contributed by atoms with Gasteiger partial charge in [0.05, 0.1) is 7.11 Å². The molecule has 0 aromatic carbocycles. The molecule has 6 nitrogen and oxygen atoms in total. The van der Waals surface area contributed by atoms with Crippen LogP contribution < -0.4 is 10.1 Å². The Labute approximate surface area is 124 Å². The van der Waals surface area contributed by atoms with Crippen LogP contribution in [0.1, 0.15) is 30.5 Å². The highest BCUT2D eigenvalue weighted by atomic mass is 16.5. The molecule has 0 amide bonds. The molecule has 0 unspecified atom stereocenters. The number of nitrogens with zero attached hydrogens (tertiary/aromatic N) is 4. The van der Waals surface area contributed by atoms with Crippen LogP contribution in [0.5, 0.6) is 5.88 Å². The summed E-state index contributed by atoms with van der Waals surface area (Å²) in [5, 5.41) is 11.3. The van der Waals surface area contributed by atoms with Crippen molar-refractivity contribution >= 4 is 5.82 Å². The van der Waals surface area contributed by atoms with E-state index >= 15 is 0 Å². The first-order valence-electron chi connectivity index (χ1n) is 7.27. The van der Waals surface area contributed by atoms with Gasteiger partial charge in [-0.3, -0.25) is 0 Å². The molecular weight excluding hydrogens is 266 g/mol. The van der Waals surface area contributed by atoms with Crippen LogP contribution in [0, 0.1) is 0 Å². The van der Waals surface area contributed by atoms with Crippen LogP contribution in [0.2, 0.25) is 0 Å². The van der Waals surface area contributed by atoms with Crippen molar-refractivity contribution < 1.29 is 4.74 Å². The topological polar surface area (TPSA) is 72.8 Å². The first kappa shape index (κ1) is 13.7. The van der Waals surface area contributed by atoms with Crippen molar-refractivity contribution in [3.05, 3.63) is 23.4 Å². The number of rotatable bonds is 3. The maximum Gasteiger partial charge on any atom is 0.233 e. The predicted molar refractivity (Wildman–Crippen MR) is 80.4 cm³/mol. The average Bonchev–Trinajstić information content (AvgIpc) is 2.79. The van der Waals surface area contributed by atoms with Gasteiger partial charge < -0.3 is 10.1 Å². The molecule has 2 aromatic rings. The molecule has 3 rings (SSSR count). The van der Waals surface area contributed by atoms with Crippen molar-refractivity contribution in [3.63, 3.8) is 0 Å². The first-order valence-corrected chi connectivity index (χ1v) is 7.27. The number of ether oxygens (including phenoxy) is 1. The van der Waals surface area contributed by atoms with Gasteiger partial charge in [0.15, 0.2) is 5.82 Å². The predicted octanol–water partition coefficient (Wildman–Crippen LogP) is 2.25. The Balaban J connectivity index is 2.04. The summed E-state index contributed by atoms with van der Waals surface area (Å²) in [4.78, 5) is 9.32. The molecule has 0 atom stereocenters. The highest BCUT2D eigenvalue weighted by Gasteiger charge is 2.17. The molecule has 1 aliphatic rings. The molecular formula is C15H19N5O. The van der Waals surface area contributed by atoms with E-state index < -0.39 is 0 Å². The highest BCUT2D eigenvalue weighted by Crippen LogP contribution is 2.27. The zero-order chi connectivity index (χ0) is 14.7. The number of fused-ring (bicyclic) bond motifs is 1. The Morgan fingerprint density at radius 2 is 1.90 bits per heavy atom. The lowest BCUT2D eigenvalue weighted by Crippen LogP contribution is -2.07. The fourth-order valence-corrected chi connectivity index (χ4v) is 2.64. The molecule has 1 aliphatic carbocycles. The van der Waals surface area contributed by atoms with Crippen LogP contribution in [0.25, 0.3) is 11.5 Å². The van der Waals surface area contributed by atoms with E-state index in [4.69, 9.17) is 9.72 Å². The van der Waals surface area contributed by atoms with E-state index in [1.54, 1.807) is 13.2 Å². The van der Waals surface area contributed by atoms with Crippen molar-refractivity contribution in [2.24, 2.45) is 0 Å². The van der Waals surface area contributed by atoms with Gasteiger partial charge in [0.25, 0.3) is 0 Å². The molecule has 1 N–H and O–H groups in total. The Bertz CT molecular complexity index is 627. The number of hydrogen-bond acceptors (Lipinski definition) is 6. The van der Waals surface area contributed by atoms with Crippen molar-refractivity contribution in [2.75, 3.05) is 19.5 Å². The SMILES string of the molecule is CNc1nc(-c2ccc(OC)nn2)nc2c1CCCCC2. The zero-order valence-corrected chi connectivity index (χ0v) is 12.4. The van der Waals surface area contributed by atoms with Crippen LogP contribution >= 0.6 is 0 Å². The minimum atomic E-state index is 0.488. The molecule has 2 aromatic heterocycles. The summed E-state index contributed by atoms with van der Waals surface area (Å²) in [5.74, 6) is 2.02. The van der Waals surface area contributed by atoms with Gasteiger partial charge in [-0.1, -0.05) is 6.42 Å². The Morgan fingerprint density at radius 3 is 2.62 bits per heavy atom. The molecule has 0 saturated carbocycles. The quantitative estimate of drug-likeness (QED) is 0.872. The number of anilines is 1. The largest absolute Gasteiger partial charge is 0.480 e. The van der Waals surface area contributed by atoms with E-state index in [0.717, 1.165) is 24.4 Å². The summed E-state index contributed by atoms with van der Waals surface area (Å²) >= 11 is 0. The Morgan fingerprint density at radius 1 is 1.05 bits per heavy atom. The van der Waals surface area contributed by atoms with Gasteiger partial charge in [-0.25, -0.2) is 9.97 Å². The molecule has 110 valence electrons. The number of hydrogen-bond donors (Lipinski definition) is 1. The summed E-state index contributed by atoms with van der Waals surface area (Å²) in [6.07, 6.45) is 5.67. The number of methoxy groups -OCH3 is 1. The smallest absolute Gasteiger partial charge is 0.233 e. The summed E-state index contributed by atoms with van der Waals surface area (Å²) in [5.41, 5.74) is 3.05. The molecule has 0 saturated heterocycles. The highest BCUT2D eigenvalue weighted by molar-refractivity contribution is 5.56. The second kappa shape index (κ2) is 6.03. The van der Waals surface area contributed by atoms with Gasteiger partial charge in [0.1, 0.15) is 11.5 Å². The molecule has 0 radical (unpaired) electrons. The van der Waals surface area contributed by atoms with E-state index in [1.165, 1.54) is 24.8 Å². The van der Waals surface area contributed by atoms with Crippen LogP contribution in [-0.4, -0.2) is 34.3 Å². The van der Waals surface area contributed by atoms with E-state index in [0.29, 0.717) is 17.4 Å². The van der Waals surface area contributed by atoms with E-state index in [1.807, 2.05) is 13.1 Å². The molecule has 21 heavy (non-hydrogen) atoms. The zero-order valence-electron chi connectivity index (χ0n) is 12.4. The molecule has 0 aliphatic heterocycles. The fraction of sp³-hybridized carbons (Fsp3) is 0.467. The molecule has 2 heterocycles. The number of nitrogens with one attached hydrogen (secondary N) is 1. The summed E-state index contributed by atoms with van der Waals surface area (Å²) in [6.45, 7) is 0. The van der Waals surface area contributed by atoms with Crippen molar-refractivity contribution in [2.45, 2.75) is 32.1 Å². The van der Waals surface area contributed by atoms with Crippen LogP contribution in [0.3, 0.4) is 0 Å². The summed E-state index contributed by atoms with van der Waals surface area (Å²) in [7, 11) is 3.47. The second-order valence-corrected chi connectivity index (χ2v) is 5.09. The van der Waals surface area contributed by atoms with Gasteiger partial charge in [0.2, 0.25) is 5.88 Å². The molecule has 6 heteroatoms. The number of aryl methyl sites for hydroxylation is 1. The molecule has 0 fully saturated rings. The van der Waals surface area contributed by atoms with Crippen LogP contribution in [-0.2, 0) is 12.8 Å². The maximum absolute atomic E-state index is 5.03. The third-order valence-corrected chi connectivity index (χ3v) is 3.75. The number of aromatic nitrogens is 4. The monoisotopic (exact) mass is 285 g/mol. The van der Waals surface area contributed by atoms with Crippen LogP contribution in [0.15, 0.2) is 12.1 Å². The standard InChI is InChI=1S/C15H19N5O/c1-16-14-10-6-4-3-5-7-11(10)17-15(18-14)12-8-9-13(21-2)20-19-12/h8-9H,3-7H2,1-2H3,(H,16,17,18). The minimum absolute atomic E-state index is 0.488. The average molecular weight is 285 g/mol. The molecule has 0 bridgehead atoms. The normalized spacial score (nSPS) is 14.2. The van der Waals surface area contributed by atoms with Gasteiger partial charge in [-0.15, -0.1) is 10.2 Å².